The van der Waals surface area contributed by atoms with E-state index in [-0.39, 0.29) is 18.5 Å². The van der Waals surface area contributed by atoms with Crippen molar-refractivity contribution in [2.24, 2.45) is 5.73 Å². The van der Waals surface area contributed by atoms with Crippen LogP contribution in [-0.4, -0.2) is 41.1 Å². The average molecular weight is 340 g/mol. The Morgan fingerprint density at radius 1 is 1.20 bits per heavy atom. The van der Waals surface area contributed by atoms with Crippen LogP contribution in [0.2, 0.25) is 0 Å². The van der Waals surface area contributed by atoms with Gasteiger partial charge in [-0.15, -0.1) is 0 Å². The van der Waals surface area contributed by atoms with E-state index in [4.69, 9.17) is 10.5 Å². The van der Waals surface area contributed by atoms with E-state index in [1.165, 1.54) is 5.56 Å². The summed E-state index contributed by atoms with van der Waals surface area (Å²) in [6.45, 7) is 3.36. The average Bonchev–Trinajstić information content (AvgIpc) is 2.63. The first-order valence-electron chi connectivity index (χ1n) is 8.54. The monoisotopic (exact) mass is 340 g/mol. The molecule has 1 amide bonds. The molecule has 0 bridgehead atoms. The van der Waals surface area contributed by atoms with Gasteiger partial charge in [0.1, 0.15) is 12.4 Å². The van der Waals surface area contributed by atoms with Crippen LogP contribution in [0.15, 0.2) is 48.5 Å². The zero-order valence-corrected chi connectivity index (χ0v) is 14.4. The highest BCUT2D eigenvalue weighted by atomic mass is 16.5. The van der Waals surface area contributed by atoms with Crippen molar-refractivity contribution >= 4 is 5.91 Å². The zero-order valence-electron chi connectivity index (χ0n) is 14.4. The summed E-state index contributed by atoms with van der Waals surface area (Å²) >= 11 is 0. The molecule has 25 heavy (non-hydrogen) atoms. The Kier molecular flexibility index (Phi) is 5.36. The fraction of sp³-hybridized carbons (Fsp3) is 0.350. The number of ether oxygens (including phenoxy) is 1. The van der Waals surface area contributed by atoms with Crippen molar-refractivity contribution in [3.63, 3.8) is 0 Å². The number of nitrogens with two attached hydrogens (primary N) is 1. The van der Waals surface area contributed by atoms with E-state index in [1.807, 2.05) is 43.3 Å². The maximum Gasteiger partial charge on any atom is 0.253 e. The van der Waals surface area contributed by atoms with E-state index in [0.29, 0.717) is 25.1 Å². The van der Waals surface area contributed by atoms with Crippen molar-refractivity contribution in [1.82, 2.24) is 4.90 Å². The third-order valence-corrected chi connectivity index (χ3v) is 4.55. The highest BCUT2D eigenvalue weighted by Gasteiger charge is 2.28. The molecule has 1 aliphatic rings. The number of amides is 1. The molecule has 0 saturated carbocycles. The summed E-state index contributed by atoms with van der Waals surface area (Å²) in [6.07, 6.45) is -0.0325. The summed E-state index contributed by atoms with van der Waals surface area (Å²) in [5.41, 5.74) is 8.59. The SMILES string of the molecule is Cc1ccc(OCc2ccc(C(=O)N3CCC(N)C(O)C3)cc2)cc1. The molecule has 1 fully saturated rings. The van der Waals surface area contributed by atoms with Gasteiger partial charge in [-0.3, -0.25) is 4.79 Å². The van der Waals surface area contributed by atoms with Crippen LogP contribution < -0.4 is 10.5 Å². The molecule has 2 unspecified atom stereocenters. The Balaban J connectivity index is 1.58. The molecular formula is C20H24N2O3. The number of hydrogen-bond donors (Lipinski definition) is 2. The number of aryl methyl sites for hydroxylation is 1. The molecule has 5 nitrogen and oxygen atoms in total. The number of rotatable bonds is 4. The third kappa shape index (κ3) is 4.38. The van der Waals surface area contributed by atoms with E-state index in [1.54, 1.807) is 17.0 Å². The predicted octanol–water partition coefficient (Wildman–Crippen LogP) is 2.11. The number of aliphatic hydroxyl groups excluding tert-OH is 1. The molecule has 1 aliphatic heterocycles. The van der Waals surface area contributed by atoms with Crippen LogP contribution in [0, 0.1) is 6.92 Å². The lowest BCUT2D eigenvalue weighted by atomic mass is 10.0. The molecule has 0 aromatic heterocycles. The first-order chi connectivity index (χ1) is 12.0. The molecule has 2 atom stereocenters. The predicted molar refractivity (Wildman–Crippen MR) is 96.5 cm³/mol. The molecule has 2 aromatic rings. The Morgan fingerprint density at radius 2 is 1.88 bits per heavy atom. The van der Waals surface area contributed by atoms with Gasteiger partial charge in [-0.2, -0.15) is 0 Å². The number of carbonyl (C=O) groups excluding carboxylic acids is 1. The fourth-order valence-electron chi connectivity index (χ4n) is 2.86. The fourth-order valence-corrected chi connectivity index (χ4v) is 2.86. The normalized spacial score (nSPS) is 20.4. The molecule has 3 N–H and O–H groups in total. The maximum absolute atomic E-state index is 12.5. The topological polar surface area (TPSA) is 75.8 Å². The minimum atomic E-state index is -0.653. The van der Waals surface area contributed by atoms with E-state index < -0.39 is 6.10 Å². The molecule has 0 spiro atoms. The Morgan fingerprint density at radius 3 is 2.52 bits per heavy atom. The lowest BCUT2D eigenvalue weighted by molar-refractivity contribution is 0.0395. The van der Waals surface area contributed by atoms with Crippen LogP contribution >= 0.6 is 0 Å². The summed E-state index contributed by atoms with van der Waals surface area (Å²) in [5.74, 6) is 0.751. The van der Waals surface area contributed by atoms with E-state index in [0.717, 1.165) is 11.3 Å². The van der Waals surface area contributed by atoms with E-state index >= 15 is 0 Å². The van der Waals surface area contributed by atoms with Gasteiger partial charge in [-0.05, 0) is 43.2 Å². The Labute approximate surface area is 148 Å². The van der Waals surface area contributed by atoms with Crippen LogP contribution in [0.5, 0.6) is 5.75 Å². The van der Waals surface area contributed by atoms with Gasteiger partial charge in [0.05, 0.1) is 6.10 Å². The highest BCUT2D eigenvalue weighted by Crippen LogP contribution is 2.16. The van der Waals surface area contributed by atoms with E-state index in [2.05, 4.69) is 0 Å². The van der Waals surface area contributed by atoms with Crippen molar-refractivity contribution in [1.29, 1.82) is 0 Å². The highest BCUT2D eigenvalue weighted by molar-refractivity contribution is 5.94. The molecule has 0 aliphatic carbocycles. The second-order valence-corrected chi connectivity index (χ2v) is 6.57. The number of β-amino-alcohol motifs (C(OH)–C–C–N with tert-alkyl or cyclic N) is 1. The number of aliphatic hydroxyl groups is 1. The van der Waals surface area contributed by atoms with Crippen molar-refractivity contribution in [2.45, 2.75) is 32.1 Å². The molecule has 3 rings (SSSR count). The van der Waals surface area contributed by atoms with Crippen LogP contribution in [0.25, 0.3) is 0 Å². The van der Waals surface area contributed by atoms with Gasteiger partial charge in [-0.1, -0.05) is 29.8 Å². The first kappa shape index (κ1) is 17.5. The largest absolute Gasteiger partial charge is 0.489 e. The second kappa shape index (κ2) is 7.68. The Hall–Kier alpha value is -2.37. The number of hydrogen-bond acceptors (Lipinski definition) is 4. The molecule has 1 saturated heterocycles. The summed E-state index contributed by atoms with van der Waals surface area (Å²) in [4.78, 5) is 14.2. The summed E-state index contributed by atoms with van der Waals surface area (Å²) in [7, 11) is 0. The molecule has 1 heterocycles. The first-order valence-corrected chi connectivity index (χ1v) is 8.54. The van der Waals surface area contributed by atoms with Gasteiger partial charge >= 0.3 is 0 Å². The maximum atomic E-state index is 12.5. The van der Waals surface area contributed by atoms with Crippen LogP contribution in [-0.2, 0) is 6.61 Å². The number of carbonyl (C=O) groups is 1. The minimum Gasteiger partial charge on any atom is -0.489 e. The third-order valence-electron chi connectivity index (χ3n) is 4.55. The molecular weight excluding hydrogens is 316 g/mol. The minimum absolute atomic E-state index is 0.0723. The molecule has 5 heteroatoms. The van der Waals surface area contributed by atoms with Crippen molar-refractivity contribution in [2.75, 3.05) is 13.1 Å². The van der Waals surface area contributed by atoms with Crippen LogP contribution in [0.1, 0.15) is 27.9 Å². The van der Waals surface area contributed by atoms with Crippen molar-refractivity contribution in [3.05, 3.63) is 65.2 Å². The quantitative estimate of drug-likeness (QED) is 0.894. The van der Waals surface area contributed by atoms with Gasteiger partial charge in [0.2, 0.25) is 0 Å². The van der Waals surface area contributed by atoms with Gasteiger partial charge in [0.25, 0.3) is 5.91 Å². The smallest absolute Gasteiger partial charge is 0.253 e. The van der Waals surface area contributed by atoms with Crippen LogP contribution in [0.4, 0.5) is 0 Å². The summed E-state index contributed by atoms with van der Waals surface area (Å²) in [5, 5.41) is 9.85. The number of likely N-dealkylation sites (tertiary alicyclic amines) is 1. The number of nitrogens with zero attached hydrogens (tertiary/aromatic N) is 1. The number of benzene rings is 2. The summed E-state index contributed by atoms with van der Waals surface area (Å²) in [6, 6.07) is 15.1. The van der Waals surface area contributed by atoms with E-state index in [9.17, 15) is 9.90 Å². The van der Waals surface area contributed by atoms with Gasteiger partial charge in [0.15, 0.2) is 0 Å². The molecule has 2 aromatic carbocycles. The lowest BCUT2D eigenvalue weighted by Gasteiger charge is -2.34. The van der Waals surface area contributed by atoms with Crippen LogP contribution in [0.3, 0.4) is 0 Å². The second-order valence-electron chi connectivity index (χ2n) is 6.57. The molecule has 132 valence electrons. The number of piperidine rings is 1. The van der Waals surface area contributed by atoms with Crippen molar-refractivity contribution in [3.8, 4) is 5.75 Å². The van der Waals surface area contributed by atoms with Gasteiger partial charge in [0, 0.05) is 24.7 Å². The van der Waals surface area contributed by atoms with Crippen molar-refractivity contribution < 1.29 is 14.6 Å². The van der Waals surface area contributed by atoms with Gasteiger partial charge < -0.3 is 20.5 Å². The van der Waals surface area contributed by atoms with Gasteiger partial charge in [-0.25, -0.2) is 0 Å². The molecule has 0 radical (unpaired) electrons. The lowest BCUT2D eigenvalue weighted by Crippen LogP contribution is -2.52. The summed E-state index contributed by atoms with van der Waals surface area (Å²) < 4.78 is 5.75. The standard InChI is InChI=1S/C20H24N2O3/c1-14-2-8-17(9-3-14)25-13-15-4-6-16(7-5-15)20(24)22-11-10-18(21)19(23)12-22/h2-9,18-19,23H,10-13,21H2,1H3. The Bertz CT molecular complexity index is 713. The zero-order chi connectivity index (χ0) is 17.8.